The Morgan fingerprint density at radius 3 is 2.12 bits per heavy atom. The molecule has 4 heteroatoms. The van der Waals surface area contributed by atoms with Crippen LogP contribution in [0.1, 0.15) is 13.8 Å². The lowest BCUT2D eigenvalue weighted by molar-refractivity contribution is -0.141. The number of hydrogen-bond donors (Lipinski definition) is 2. The van der Waals surface area contributed by atoms with Crippen molar-refractivity contribution in [2.75, 3.05) is 24.3 Å². The van der Waals surface area contributed by atoms with Gasteiger partial charge in [0.2, 0.25) is 0 Å². The van der Waals surface area contributed by atoms with Gasteiger partial charge in [0.25, 0.3) is 0 Å². The lowest BCUT2D eigenvalue weighted by Gasteiger charge is -2.23. The maximum absolute atomic E-state index is 10.9. The van der Waals surface area contributed by atoms with Crippen LogP contribution >= 0.6 is 0 Å². The summed E-state index contributed by atoms with van der Waals surface area (Å²) in [5.41, 5.74) is 0.927. The van der Waals surface area contributed by atoms with Crippen molar-refractivity contribution in [2.24, 2.45) is 0 Å². The van der Waals surface area contributed by atoms with Gasteiger partial charge in [-0.2, -0.15) is 0 Å². The monoisotopic (exact) mass is 222 g/mol. The van der Waals surface area contributed by atoms with Gasteiger partial charge in [-0.15, -0.1) is 0 Å². The number of carboxylic acids is 1. The van der Waals surface area contributed by atoms with Gasteiger partial charge >= 0.3 is 5.97 Å². The molecule has 0 amide bonds. The van der Waals surface area contributed by atoms with E-state index >= 15 is 0 Å². The van der Waals surface area contributed by atoms with Crippen LogP contribution in [0.25, 0.3) is 0 Å². The number of hydrogen-bond acceptors (Lipinski definition) is 3. The summed E-state index contributed by atoms with van der Waals surface area (Å²) in [6, 6.07) is 7.64. The highest BCUT2D eigenvalue weighted by Gasteiger charge is 2.26. The molecule has 0 aliphatic heterocycles. The summed E-state index contributed by atoms with van der Waals surface area (Å²) in [5, 5.41) is 11.9. The molecule has 0 saturated carbocycles. The lowest BCUT2D eigenvalue weighted by Crippen LogP contribution is -2.39. The van der Waals surface area contributed by atoms with Gasteiger partial charge in [0.1, 0.15) is 5.54 Å². The van der Waals surface area contributed by atoms with E-state index in [9.17, 15) is 4.79 Å². The number of benzene rings is 1. The molecule has 4 nitrogen and oxygen atoms in total. The Kier molecular flexibility index (Phi) is 3.42. The van der Waals surface area contributed by atoms with E-state index < -0.39 is 11.5 Å². The molecule has 1 aromatic carbocycles. The molecule has 2 N–H and O–H groups in total. The van der Waals surface area contributed by atoms with Crippen molar-refractivity contribution in [3.8, 4) is 0 Å². The number of rotatable bonds is 4. The predicted octanol–water partition coefficient (Wildman–Crippen LogP) is 2.03. The van der Waals surface area contributed by atoms with E-state index in [-0.39, 0.29) is 0 Å². The van der Waals surface area contributed by atoms with Crippen LogP contribution in [0.15, 0.2) is 24.3 Å². The maximum Gasteiger partial charge on any atom is 0.328 e. The van der Waals surface area contributed by atoms with Crippen LogP contribution in [-0.4, -0.2) is 30.7 Å². The number of nitrogens with one attached hydrogen (secondary N) is 1. The Morgan fingerprint density at radius 1 is 1.25 bits per heavy atom. The Hall–Kier alpha value is -1.71. The van der Waals surface area contributed by atoms with E-state index in [0.29, 0.717) is 0 Å². The summed E-state index contributed by atoms with van der Waals surface area (Å²) in [6.45, 7) is 3.27. The van der Waals surface area contributed by atoms with Gasteiger partial charge in [-0.1, -0.05) is 0 Å². The summed E-state index contributed by atoms with van der Waals surface area (Å²) >= 11 is 0. The highest BCUT2D eigenvalue weighted by Crippen LogP contribution is 2.19. The third kappa shape index (κ3) is 2.89. The van der Waals surface area contributed by atoms with Crippen LogP contribution in [0.4, 0.5) is 11.4 Å². The molecule has 88 valence electrons. The van der Waals surface area contributed by atoms with E-state index in [1.165, 1.54) is 0 Å². The standard InChI is InChI=1S/C12H18N2O2/c1-12(2,11(15)16)13-9-5-7-10(8-6-9)14(3)4/h5-8,13H,1-4H3,(H,15,16). The fourth-order valence-corrected chi connectivity index (χ4v) is 1.26. The second-order valence-electron chi connectivity index (χ2n) is 4.50. The summed E-state index contributed by atoms with van der Waals surface area (Å²) < 4.78 is 0. The fourth-order valence-electron chi connectivity index (χ4n) is 1.26. The fraction of sp³-hybridized carbons (Fsp3) is 0.417. The molecule has 0 atom stereocenters. The first kappa shape index (κ1) is 12.4. The summed E-state index contributed by atoms with van der Waals surface area (Å²) in [6.07, 6.45) is 0. The molecule has 1 rings (SSSR count). The van der Waals surface area contributed by atoms with Gasteiger partial charge in [-0.3, -0.25) is 0 Å². The van der Waals surface area contributed by atoms with E-state index in [0.717, 1.165) is 11.4 Å². The van der Waals surface area contributed by atoms with E-state index in [4.69, 9.17) is 5.11 Å². The number of anilines is 2. The summed E-state index contributed by atoms with van der Waals surface area (Å²) in [7, 11) is 3.92. The Bertz CT molecular complexity index is 369. The normalized spacial score (nSPS) is 11.0. The SMILES string of the molecule is CN(C)c1ccc(NC(C)(C)C(=O)O)cc1. The lowest BCUT2D eigenvalue weighted by atomic mass is 10.1. The third-order valence-electron chi connectivity index (χ3n) is 2.38. The summed E-state index contributed by atoms with van der Waals surface area (Å²) in [5.74, 6) is -0.871. The van der Waals surface area contributed by atoms with Crippen molar-refractivity contribution in [1.29, 1.82) is 0 Å². The first-order valence-electron chi connectivity index (χ1n) is 5.12. The zero-order chi connectivity index (χ0) is 12.3. The third-order valence-corrected chi connectivity index (χ3v) is 2.38. The number of carboxylic acid groups (broad SMARTS) is 1. The molecule has 1 aromatic rings. The van der Waals surface area contributed by atoms with Gasteiger partial charge in [0, 0.05) is 25.5 Å². The minimum absolute atomic E-state index is 0.804. The smallest absolute Gasteiger partial charge is 0.328 e. The highest BCUT2D eigenvalue weighted by atomic mass is 16.4. The van der Waals surface area contributed by atoms with Crippen molar-refractivity contribution in [1.82, 2.24) is 0 Å². The summed E-state index contributed by atoms with van der Waals surface area (Å²) in [4.78, 5) is 12.9. The van der Waals surface area contributed by atoms with Gasteiger partial charge in [0.05, 0.1) is 0 Å². The molecular formula is C12H18N2O2. The number of carbonyl (C=O) groups is 1. The van der Waals surface area contributed by atoms with Crippen molar-refractivity contribution >= 4 is 17.3 Å². The molecule has 0 unspecified atom stereocenters. The Balaban J connectivity index is 2.80. The molecular weight excluding hydrogens is 204 g/mol. The molecule has 0 fully saturated rings. The number of aliphatic carboxylic acids is 1. The van der Waals surface area contributed by atoms with Crippen molar-refractivity contribution in [3.05, 3.63) is 24.3 Å². The van der Waals surface area contributed by atoms with Crippen LogP contribution in [-0.2, 0) is 4.79 Å². The van der Waals surface area contributed by atoms with Crippen LogP contribution in [0.3, 0.4) is 0 Å². The zero-order valence-electron chi connectivity index (χ0n) is 10.1. The molecule has 0 saturated heterocycles. The van der Waals surface area contributed by atoms with Gasteiger partial charge < -0.3 is 15.3 Å². The minimum atomic E-state index is -0.959. The van der Waals surface area contributed by atoms with Crippen LogP contribution in [0.2, 0.25) is 0 Å². The molecule has 0 aromatic heterocycles. The van der Waals surface area contributed by atoms with Crippen molar-refractivity contribution in [2.45, 2.75) is 19.4 Å². The van der Waals surface area contributed by atoms with E-state index in [1.54, 1.807) is 13.8 Å². The van der Waals surface area contributed by atoms with Crippen molar-refractivity contribution < 1.29 is 9.90 Å². The van der Waals surface area contributed by atoms with Crippen LogP contribution in [0, 0.1) is 0 Å². The van der Waals surface area contributed by atoms with E-state index in [2.05, 4.69) is 5.32 Å². The van der Waals surface area contributed by atoms with E-state index in [1.807, 2.05) is 43.3 Å². The van der Waals surface area contributed by atoms with Gasteiger partial charge in [0.15, 0.2) is 0 Å². The second kappa shape index (κ2) is 4.43. The second-order valence-corrected chi connectivity index (χ2v) is 4.50. The van der Waals surface area contributed by atoms with Crippen LogP contribution in [0.5, 0.6) is 0 Å². The molecule has 0 radical (unpaired) electrons. The highest BCUT2D eigenvalue weighted by molar-refractivity contribution is 5.81. The average molecular weight is 222 g/mol. The van der Waals surface area contributed by atoms with Crippen molar-refractivity contribution in [3.63, 3.8) is 0 Å². The minimum Gasteiger partial charge on any atom is -0.480 e. The maximum atomic E-state index is 10.9. The topological polar surface area (TPSA) is 52.6 Å². The van der Waals surface area contributed by atoms with Gasteiger partial charge in [-0.05, 0) is 38.1 Å². The zero-order valence-corrected chi connectivity index (χ0v) is 10.1. The molecule has 16 heavy (non-hydrogen) atoms. The quantitative estimate of drug-likeness (QED) is 0.818. The number of nitrogens with zero attached hydrogens (tertiary/aromatic N) is 1. The molecule has 0 aliphatic rings. The largest absolute Gasteiger partial charge is 0.480 e. The van der Waals surface area contributed by atoms with Crippen LogP contribution < -0.4 is 10.2 Å². The molecule has 0 bridgehead atoms. The Morgan fingerprint density at radius 2 is 1.75 bits per heavy atom. The first-order chi connectivity index (χ1) is 7.33. The van der Waals surface area contributed by atoms with Gasteiger partial charge in [-0.25, -0.2) is 4.79 Å². The Labute approximate surface area is 95.9 Å². The molecule has 0 spiro atoms. The predicted molar refractivity (Wildman–Crippen MR) is 66.1 cm³/mol. The first-order valence-corrected chi connectivity index (χ1v) is 5.12. The molecule has 0 aliphatic carbocycles. The average Bonchev–Trinajstić information content (AvgIpc) is 2.17. The molecule has 0 heterocycles.